The van der Waals surface area contributed by atoms with E-state index in [1.54, 1.807) is 37.5 Å². The molecule has 17 heteroatoms. The zero-order chi connectivity index (χ0) is 44.4. The number of halogens is 3. The van der Waals surface area contributed by atoms with Gasteiger partial charge in [-0.05, 0) is 56.9 Å². The van der Waals surface area contributed by atoms with E-state index >= 15 is 0 Å². The number of piperidine rings is 2. The normalized spacial score (nSPS) is 19.8. The maximum atomic E-state index is 14.2. The minimum absolute atomic E-state index is 0.107. The second-order valence-corrected chi connectivity index (χ2v) is 17.2. The zero-order valence-electron chi connectivity index (χ0n) is 35.3. The molecule has 0 radical (unpaired) electrons. The van der Waals surface area contributed by atoms with Crippen LogP contribution in [-0.4, -0.2) is 115 Å². The van der Waals surface area contributed by atoms with E-state index in [1.807, 2.05) is 27.9 Å². The van der Waals surface area contributed by atoms with Crippen LogP contribution in [0.1, 0.15) is 98.5 Å². The van der Waals surface area contributed by atoms with Crippen LogP contribution in [0.15, 0.2) is 61.1 Å². The number of nitrogens with zero attached hydrogens (tertiary/aromatic N) is 8. The van der Waals surface area contributed by atoms with Crippen molar-refractivity contribution in [3.8, 4) is 28.7 Å². The van der Waals surface area contributed by atoms with Crippen LogP contribution < -0.4 is 10.5 Å². The molecule has 4 aliphatic heterocycles. The molecule has 2 aromatic heterocycles. The van der Waals surface area contributed by atoms with Crippen LogP contribution in [0.2, 0.25) is 10.0 Å². The van der Waals surface area contributed by atoms with Crippen LogP contribution in [0.5, 0.6) is 5.75 Å². The molecule has 63 heavy (non-hydrogen) atoms. The molecule has 330 valence electrons. The van der Waals surface area contributed by atoms with Crippen molar-refractivity contribution >= 4 is 52.6 Å². The van der Waals surface area contributed by atoms with Crippen LogP contribution in [-0.2, 0) is 14.4 Å². The molecule has 0 aliphatic carbocycles. The average Bonchev–Trinajstić information content (AvgIpc) is 3.88. The summed E-state index contributed by atoms with van der Waals surface area (Å²) in [5.74, 6) is 5.43. The number of hydrogen-bond donors (Lipinski definition) is 1. The molecule has 8 rings (SSSR count). The summed E-state index contributed by atoms with van der Waals surface area (Å²) in [6.45, 7) is 8.45. The minimum Gasteiger partial charge on any atom is -0.482 e. The summed E-state index contributed by atoms with van der Waals surface area (Å²) in [7, 11) is 0. The van der Waals surface area contributed by atoms with E-state index in [1.165, 1.54) is 17.1 Å². The third kappa shape index (κ3) is 9.27. The molecule has 3 unspecified atom stereocenters. The number of piperazine rings is 1. The summed E-state index contributed by atoms with van der Waals surface area (Å²) in [6.07, 6.45) is 8.70. The molecule has 14 nitrogen and oxygen atoms in total. The molecule has 3 atom stereocenters. The number of pyridine rings is 1. The second kappa shape index (κ2) is 19.1. The SMILES string of the molecule is CCC(CC#CC1c2ccccc2C(=O)N1N1C(=O)CCCC1=O)N1CCN(C(=O)CN2CCC(n3cc(-c4cnc(N)c(OC(C)c5c(Cl)ccc(F)c5Cl)c4)cn3)CC2)CC1. The van der Waals surface area contributed by atoms with E-state index in [-0.39, 0.29) is 64.4 Å². The first-order valence-electron chi connectivity index (χ1n) is 21.5. The Morgan fingerprint density at radius 3 is 2.44 bits per heavy atom. The summed E-state index contributed by atoms with van der Waals surface area (Å²) in [5, 5.41) is 7.11. The lowest BCUT2D eigenvalue weighted by Crippen LogP contribution is -2.54. The Kier molecular flexibility index (Phi) is 13.3. The van der Waals surface area contributed by atoms with Gasteiger partial charge in [0.2, 0.25) is 17.7 Å². The van der Waals surface area contributed by atoms with Crippen LogP contribution in [0.4, 0.5) is 10.2 Å². The number of nitrogens with two attached hydrogens (primary N) is 1. The number of hydrogen-bond acceptors (Lipinski definition) is 10. The number of likely N-dealkylation sites (tertiary alicyclic amines) is 1. The number of aromatic nitrogens is 3. The van der Waals surface area contributed by atoms with Gasteiger partial charge in [0, 0.05) is 110 Å². The molecule has 4 amide bonds. The lowest BCUT2D eigenvalue weighted by molar-refractivity contribution is -0.164. The Bertz CT molecular complexity index is 2440. The molecule has 3 saturated heterocycles. The molecule has 0 spiro atoms. The number of imide groups is 1. The monoisotopic (exact) mass is 897 g/mol. The second-order valence-electron chi connectivity index (χ2n) is 16.4. The van der Waals surface area contributed by atoms with Crippen LogP contribution in [0.25, 0.3) is 11.1 Å². The highest BCUT2D eigenvalue weighted by Crippen LogP contribution is 2.38. The summed E-state index contributed by atoms with van der Waals surface area (Å²) >= 11 is 12.5. The van der Waals surface area contributed by atoms with Gasteiger partial charge in [-0.25, -0.2) is 14.4 Å². The number of rotatable bonds is 11. The van der Waals surface area contributed by atoms with Crippen molar-refractivity contribution in [1.29, 1.82) is 0 Å². The maximum absolute atomic E-state index is 14.2. The standard InChI is InChI=1S/C46H50Cl2FN9O5/c1-3-32(8-6-11-38-34-9-4-5-10-35(34)46(62)57(38)58-40(59)12-7-13-41(58)60)54-20-22-55(23-21-54)42(61)28-53-18-16-33(17-19-53)56-27-31(26-52-56)30-24-39(45(50)51-25-30)63-29(2)43-36(47)14-15-37(49)44(43)48/h4-5,9-10,14-15,24-27,29,32-33,38H,3,7-8,12-13,16-23,28H2,1-2H3,(H2,50,51). The number of carbonyl (C=O) groups is 4. The number of hydrazine groups is 1. The van der Waals surface area contributed by atoms with Gasteiger partial charge in [-0.15, -0.1) is 0 Å². The van der Waals surface area contributed by atoms with Gasteiger partial charge in [-0.1, -0.05) is 60.2 Å². The largest absolute Gasteiger partial charge is 0.482 e. The van der Waals surface area contributed by atoms with E-state index in [4.69, 9.17) is 33.7 Å². The number of benzene rings is 2. The fraction of sp³-hybridized carbons (Fsp3) is 0.435. The van der Waals surface area contributed by atoms with Crippen molar-refractivity contribution in [2.75, 3.05) is 51.5 Å². The van der Waals surface area contributed by atoms with Gasteiger partial charge in [0.15, 0.2) is 11.6 Å². The smallest absolute Gasteiger partial charge is 0.274 e. The van der Waals surface area contributed by atoms with Crippen molar-refractivity contribution in [1.82, 2.24) is 39.5 Å². The van der Waals surface area contributed by atoms with E-state index in [9.17, 15) is 23.6 Å². The Hall–Kier alpha value is -5.53. The van der Waals surface area contributed by atoms with Crippen LogP contribution >= 0.6 is 23.2 Å². The van der Waals surface area contributed by atoms with E-state index in [0.717, 1.165) is 61.6 Å². The first-order chi connectivity index (χ1) is 30.4. The number of nitrogen functional groups attached to an aromatic ring is 1. The number of amides is 4. The van der Waals surface area contributed by atoms with Crippen molar-refractivity contribution in [3.05, 3.63) is 93.6 Å². The Balaban J connectivity index is 0.813. The summed E-state index contributed by atoms with van der Waals surface area (Å²) in [6, 6.07) is 11.2. The fourth-order valence-electron chi connectivity index (χ4n) is 8.96. The van der Waals surface area contributed by atoms with Gasteiger partial charge < -0.3 is 15.4 Å². The number of anilines is 1. The predicted octanol–water partition coefficient (Wildman–Crippen LogP) is 6.72. The molecule has 6 heterocycles. The fourth-order valence-corrected chi connectivity index (χ4v) is 9.64. The predicted molar refractivity (Wildman–Crippen MR) is 236 cm³/mol. The molecule has 4 aromatic rings. The quantitative estimate of drug-likeness (QED) is 0.0977. The Morgan fingerprint density at radius 2 is 1.71 bits per heavy atom. The van der Waals surface area contributed by atoms with E-state index < -0.39 is 18.0 Å². The molecule has 2 aromatic carbocycles. The maximum Gasteiger partial charge on any atom is 0.274 e. The van der Waals surface area contributed by atoms with E-state index in [0.29, 0.717) is 54.9 Å². The molecule has 0 saturated carbocycles. The minimum atomic E-state index is -0.720. The first kappa shape index (κ1) is 44.1. The number of carbonyl (C=O) groups excluding carboxylic acids is 4. The van der Waals surface area contributed by atoms with Gasteiger partial charge in [-0.3, -0.25) is 33.7 Å². The average molecular weight is 899 g/mol. The van der Waals surface area contributed by atoms with Crippen molar-refractivity contribution in [2.24, 2.45) is 0 Å². The molecule has 3 fully saturated rings. The third-order valence-corrected chi connectivity index (χ3v) is 13.2. The number of fused-ring (bicyclic) bond motifs is 1. The van der Waals surface area contributed by atoms with Gasteiger partial charge >= 0.3 is 0 Å². The molecular weight excluding hydrogens is 848 g/mol. The Morgan fingerprint density at radius 1 is 0.984 bits per heavy atom. The van der Waals surface area contributed by atoms with Gasteiger partial charge in [0.1, 0.15) is 18.0 Å². The molecular formula is C46H50Cl2FN9O5. The van der Waals surface area contributed by atoms with Crippen LogP contribution in [0.3, 0.4) is 0 Å². The zero-order valence-corrected chi connectivity index (χ0v) is 36.8. The first-order valence-corrected chi connectivity index (χ1v) is 22.3. The molecule has 2 N–H and O–H groups in total. The third-order valence-electron chi connectivity index (χ3n) is 12.5. The summed E-state index contributed by atoms with van der Waals surface area (Å²) < 4.78 is 22.2. The highest BCUT2D eigenvalue weighted by molar-refractivity contribution is 6.36. The summed E-state index contributed by atoms with van der Waals surface area (Å²) in [5.41, 5.74) is 9.22. The van der Waals surface area contributed by atoms with Crippen molar-refractivity contribution in [3.63, 3.8) is 0 Å². The van der Waals surface area contributed by atoms with Gasteiger partial charge in [0.05, 0.1) is 23.8 Å². The van der Waals surface area contributed by atoms with Crippen molar-refractivity contribution in [2.45, 2.75) is 83.0 Å². The highest BCUT2D eigenvalue weighted by atomic mass is 35.5. The topological polar surface area (TPSA) is 150 Å². The molecule has 0 bridgehead atoms. The lowest BCUT2D eigenvalue weighted by Gasteiger charge is -2.40. The summed E-state index contributed by atoms with van der Waals surface area (Å²) in [4.78, 5) is 63.5. The number of ether oxygens (including phenoxy) is 1. The Labute approximate surface area is 376 Å². The van der Waals surface area contributed by atoms with E-state index in [2.05, 4.69) is 38.6 Å². The van der Waals surface area contributed by atoms with Crippen molar-refractivity contribution < 1.29 is 28.3 Å². The van der Waals surface area contributed by atoms with Crippen LogP contribution in [0, 0.1) is 17.7 Å². The lowest BCUT2D eigenvalue weighted by atomic mass is 10.0. The van der Waals surface area contributed by atoms with Gasteiger partial charge in [-0.2, -0.15) is 10.1 Å². The highest BCUT2D eigenvalue weighted by Gasteiger charge is 2.44. The van der Waals surface area contributed by atoms with Gasteiger partial charge in [0.25, 0.3) is 5.91 Å². The molecule has 4 aliphatic rings.